The third-order valence-corrected chi connectivity index (χ3v) is 11.4. The van der Waals surface area contributed by atoms with Crippen LogP contribution < -0.4 is 9.75 Å². The van der Waals surface area contributed by atoms with Crippen molar-refractivity contribution in [2.45, 2.75) is 117 Å². The summed E-state index contributed by atoms with van der Waals surface area (Å²) in [5, 5.41) is 1.56. The van der Waals surface area contributed by atoms with Gasteiger partial charge in [-0.05, 0) is 126 Å². The summed E-state index contributed by atoms with van der Waals surface area (Å²) in [6, 6.07) is 5.16. The van der Waals surface area contributed by atoms with Crippen molar-refractivity contribution in [3.8, 4) is 10.4 Å². The van der Waals surface area contributed by atoms with Crippen LogP contribution in [0, 0.1) is 30.6 Å². The molecule has 0 radical (unpaired) electrons. The third kappa shape index (κ3) is 5.05. The molecule has 5 rings (SSSR count). The van der Waals surface area contributed by atoms with E-state index in [0.29, 0.717) is 29.6 Å². The Balaban J connectivity index is 1.68. The van der Waals surface area contributed by atoms with Gasteiger partial charge in [-0.15, -0.1) is 11.3 Å². The fourth-order valence-electron chi connectivity index (χ4n) is 7.99. The summed E-state index contributed by atoms with van der Waals surface area (Å²) in [5.74, 6) is 3.80. The summed E-state index contributed by atoms with van der Waals surface area (Å²) < 4.78 is 1.49. The first-order chi connectivity index (χ1) is 18.0. The Bertz CT molecular complexity index is 1230. The second-order valence-corrected chi connectivity index (χ2v) is 13.5. The second kappa shape index (κ2) is 11.6. The maximum absolute atomic E-state index is 11.6. The highest BCUT2D eigenvalue weighted by atomic mass is 32.1. The molecule has 2 aromatic rings. The zero-order valence-corrected chi connectivity index (χ0v) is 24.8. The summed E-state index contributed by atoms with van der Waals surface area (Å²) >= 11 is 2.06. The van der Waals surface area contributed by atoms with Crippen LogP contribution in [0.4, 0.5) is 0 Å². The number of carbonyl (C=O) groups excluding carboxylic acids is 1. The standard InChI is InChI=1S/C35H48OS/c1-6-9-11-27-33-20-31-25(10-7-2)14-15-26(16-17-36)32(31)21-34(33)37-35(27)29-19-30-24(8-3)13-12-22(4)28(30)18-23(29)5/h17-22,24-26,31-32H,6-16H2,1-5H3. The highest BCUT2D eigenvalue weighted by molar-refractivity contribution is 7.13. The van der Waals surface area contributed by atoms with Crippen molar-refractivity contribution >= 4 is 29.8 Å². The van der Waals surface area contributed by atoms with Crippen molar-refractivity contribution in [2.75, 3.05) is 0 Å². The number of fused-ring (bicyclic) bond motifs is 3. The average molecular weight is 517 g/mol. The highest BCUT2D eigenvalue weighted by Crippen LogP contribution is 2.46. The molecule has 0 amide bonds. The van der Waals surface area contributed by atoms with Crippen LogP contribution in [-0.4, -0.2) is 6.29 Å². The minimum absolute atomic E-state index is 0.516. The second-order valence-electron chi connectivity index (χ2n) is 12.4. The first-order valence-electron chi connectivity index (χ1n) is 15.4. The van der Waals surface area contributed by atoms with E-state index in [0.717, 1.165) is 12.3 Å². The van der Waals surface area contributed by atoms with Crippen LogP contribution in [0.2, 0.25) is 0 Å². The molecule has 1 heterocycles. The summed E-state index contributed by atoms with van der Waals surface area (Å²) in [6.45, 7) is 11.8. The number of benzene rings is 1. The largest absolute Gasteiger partial charge is 0.303 e. The maximum atomic E-state index is 11.6. The number of carbonyl (C=O) groups is 1. The quantitative estimate of drug-likeness (QED) is 0.305. The van der Waals surface area contributed by atoms with E-state index in [2.05, 4.69) is 70.2 Å². The number of hydrogen-bond donors (Lipinski definition) is 0. The molecule has 2 heteroatoms. The van der Waals surface area contributed by atoms with Gasteiger partial charge in [-0.25, -0.2) is 0 Å². The molecule has 1 nitrogen and oxygen atoms in total. The number of rotatable bonds is 9. The molecular formula is C35H48OS. The van der Waals surface area contributed by atoms with Gasteiger partial charge >= 0.3 is 0 Å². The van der Waals surface area contributed by atoms with Crippen LogP contribution in [0.15, 0.2) is 12.1 Å². The van der Waals surface area contributed by atoms with Crippen LogP contribution >= 0.6 is 11.3 Å². The van der Waals surface area contributed by atoms with Crippen molar-refractivity contribution in [1.82, 2.24) is 0 Å². The van der Waals surface area contributed by atoms with Crippen molar-refractivity contribution in [2.24, 2.45) is 23.7 Å². The van der Waals surface area contributed by atoms with E-state index in [-0.39, 0.29) is 0 Å². The van der Waals surface area contributed by atoms with Gasteiger partial charge in [0.25, 0.3) is 0 Å². The van der Waals surface area contributed by atoms with Gasteiger partial charge < -0.3 is 4.79 Å². The monoisotopic (exact) mass is 516 g/mol. The first-order valence-corrected chi connectivity index (χ1v) is 16.3. The maximum Gasteiger partial charge on any atom is 0.120 e. The van der Waals surface area contributed by atoms with E-state index in [4.69, 9.17) is 0 Å². The molecule has 3 aliphatic carbocycles. The fraction of sp³-hybridized carbons (Fsp3) is 0.629. The lowest BCUT2D eigenvalue weighted by Crippen LogP contribution is -2.40. The van der Waals surface area contributed by atoms with E-state index in [1.165, 1.54) is 91.0 Å². The van der Waals surface area contributed by atoms with Gasteiger partial charge in [-0.2, -0.15) is 0 Å². The molecule has 200 valence electrons. The predicted molar refractivity (Wildman–Crippen MR) is 161 cm³/mol. The molecule has 0 saturated heterocycles. The number of aryl methyl sites for hydroxylation is 1. The molecule has 1 aromatic heterocycles. The normalized spacial score (nSPS) is 28.5. The number of thiophene rings is 1. The molecule has 0 spiro atoms. The third-order valence-electron chi connectivity index (χ3n) is 10.1. The zero-order valence-electron chi connectivity index (χ0n) is 23.9. The SMILES string of the molecule is CCCCc1c(-c2cc3c(cc2C)C(C)CCC3CC)sc2c1=CC1C(CCC)CCC(CC=O)C1C=2. The Kier molecular flexibility index (Phi) is 8.44. The van der Waals surface area contributed by atoms with Gasteiger partial charge in [0.15, 0.2) is 0 Å². The van der Waals surface area contributed by atoms with Gasteiger partial charge in [0.1, 0.15) is 6.29 Å². The van der Waals surface area contributed by atoms with Crippen LogP contribution in [0.5, 0.6) is 0 Å². The number of aldehydes is 1. The molecule has 1 aromatic carbocycles. The van der Waals surface area contributed by atoms with Crippen molar-refractivity contribution in [1.29, 1.82) is 0 Å². The smallest absolute Gasteiger partial charge is 0.120 e. The molecular weight excluding hydrogens is 468 g/mol. The minimum atomic E-state index is 0.516. The fourth-order valence-corrected chi connectivity index (χ4v) is 9.40. The van der Waals surface area contributed by atoms with Crippen molar-refractivity contribution < 1.29 is 4.79 Å². The lowest BCUT2D eigenvalue weighted by Gasteiger charge is -2.41. The van der Waals surface area contributed by atoms with Crippen LogP contribution in [0.3, 0.4) is 0 Å². The molecule has 1 fully saturated rings. The Hall–Kier alpha value is -1.67. The van der Waals surface area contributed by atoms with E-state index in [9.17, 15) is 4.79 Å². The van der Waals surface area contributed by atoms with Crippen LogP contribution in [0.25, 0.3) is 22.6 Å². The van der Waals surface area contributed by atoms with Crippen LogP contribution in [-0.2, 0) is 11.2 Å². The van der Waals surface area contributed by atoms with Crippen LogP contribution in [0.1, 0.15) is 126 Å². The Morgan fingerprint density at radius 2 is 1.73 bits per heavy atom. The summed E-state index contributed by atoms with van der Waals surface area (Å²) in [4.78, 5) is 13.1. The van der Waals surface area contributed by atoms with E-state index < -0.39 is 0 Å². The molecule has 3 aliphatic rings. The van der Waals surface area contributed by atoms with E-state index in [1.807, 2.05) is 0 Å². The number of unbranched alkanes of at least 4 members (excludes halogenated alkanes) is 1. The summed E-state index contributed by atoms with van der Waals surface area (Å²) in [6.07, 6.45) is 19.9. The molecule has 6 unspecified atom stereocenters. The molecule has 0 bridgehead atoms. The molecule has 37 heavy (non-hydrogen) atoms. The van der Waals surface area contributed by atoms with Gasteiger partial charge in [0.2, 0.25) is 0 Å². The first kappa shape index (κ1) is 26.9. The van der Waals surface area contributed by atoms with E-state index in [1.54, 1.807) is 21.9 Å². The molecule has 0 N–H and O–H groups in total. The van der Waals surface area contributed by atoms with E-state index >= 15 is 0 Å². The lowest BCUT2D eigenvalue weighted by atomic mass is 9.63. The number of hydrogen-bond acceptors (Lipinski definition) is 2. The Labute approximate surface area is 229 Å². The highest BCUT2D eigenvalue weighted by Gasteiger charge is 2.38. The molecule has 6 atom stereocenters. The van der Waals surface area contributed by atoms with Gasteiger partial charge in [-0.1, -0.05) is 65.2 Å². The predicted octanol–water partition coefficient (Wildman–Crippen LogP) is 8.68. The topological polar surface area (TPSA) is 17.1 Å². The average Bonchev–Trinajstić information content (AvgIpc) is 3.25. The molecule has 0 aliphatic heterocycles. The van der Waals surface area contributed by atoms with Crippen molar-refractivity contribution in [3.05, 3.63) is 44.1 Å². The van der Waals surface area contributed by atoms with Gasteiger partial charge in [0, 0.05) is 15.8 Å². The molecule has 1 saturated carbocycles. The van der Waals surface area contributed by atoms with Crippen molar-refractivity contribution in [3.63, 3.8) is 0 Å². The minimum Gasteiger partial charge on any atom is -0.303 e. The summed E-state index contributed by atoms with van der Waals surface area (Å²) in [5.41, 5.74) is 7.81. The Morgan fingerprint density at radius 3 is 2.46 bits per heavy atom. The lowest BCUT2D eigenvalue weighted by molar-refractivity contribution is -0.109. The Morgan fingerprint density at radius 1 is 0.946 bits per heavy atom. The van der Waals surface area contributed by atoms with Gasteiger partial charge in [0.05, 0.1) is 0 Å². The zero-order chi connectivity index (χ0) is 26.1. The summed E-state index contributed by atoms with van der Waals surface area (Å²) in [7, 11) is 0. The van der Waals surface area contributed by atoms with Gasteiger partial charge in [-0.3, -0.25) is 0 Å².